The molecule has 210 valence electrons. The van der Waals surface area contributed by atoms with Crippen LogP contribution in [-0.4, -0.2) is 25.0 Å². The van der Waals surface area contributed by atoms with E-state index in [4.69, 9.17) is 24.5 Å². The number of amides is 1. The molecule has 0 saturated heterocycles. The molecule has 0 aliphatic carbocycles. The number of esters is 2. The van der Waals surface area contributed by atoms with Crippen molar-refractivity contribution in [2.24, 2.45) is 5.84 Å². The molecule has 0 unspecified atom stereocenters. The second-order valence-corrected chi connectivity index (χ2v) is 9.03. The molecule has 42 heavy (non-hydrogen) atoms. The Labute approximate surface area is 241 Å². The van der Waals surface area contributed by atoms with Gasteiger partial charge in [0, 0.05) is 11.1 Å². The van der Waals surface area contributed by atoms with Gasteiger partial charge in [0.05, 0.1) is 12.7 Å². The topological polar surface area (TPSA) is 130 Å². The molecule has 0 fully saturated rings. The highest BCUT2D eigenvalue weighted by molar-refractivity contribution is 6.12. The minimum atomic E-state index is -1.11. The Hall–Kier alpha value is -5.67. The van der Waals surface area contributed by atoms with E-state index in [9.17, 15) is 14.4 Å². The fourth-order valence-electron chi connectivity index (χ4n) is 4.50. The summed E-state index contributed by atoms with van der Waals surface area (Å²) in [6.45, 7) is 0.174. The Bertz CT molecular complexity index is 1720. The molecule has 0 atom stereocenters. The normalized spacial score (nSPS) is 10.5. The quantitative estimate of drug-likeness (QED) is 0.0758. The van der Waals surface area contributed by atoms with E-state index in [2.05, 4.69) is 0 Å². The van der Waals surface area contributed by atoms with Crippen LogP contribution in [0.25, 0.3) is 22.3 Å². The first-order valence-electron chi connectivity index (χ1n) is 12.9. The lowest BCUT2D eigenvalue weighted by Crippen LogP contribution is -2.32. The number of nitrogens with two attached hydrogens (primary N) is 1. The van der Waals surface area contributed by atoms with E-state index in [0.717, 1.165) is 11.1 Å². The molecule has 0 saturated carbocycles. The van der Waals surface area contributed by atoms with Crippen LogP contribution in [-0.2, 0) is 11.3 Å². The van der Waals surface area contributed by atoms with Gasteiger partial charge >= 0.3 is 11.9 Å². The number of nitrogen functional groups attached to an aromatic ring is 1. The van der Waals surface area contributed by atoms with Crippen LogP contribution in [0, 0.1) is 0 Å². The van der Waals surface area contributed by atoms with Crippen LogP contribution in [0.2, 0.25) is 0 Å². The highest BCUT2D eigenvalue weighted by atomic mass is 16.6. The van der Waals surface area contributed by atoms with Crippen LogP contribution in [0.1, 0.15) is 36.8 Å². The predicted molar refractivity (Wildman–Crippen MR) is 155 cm³/mol. The highest BCUT2D eigenvalue weighted by Crippen LogP contribution is 2.38. The Morgan fingerprint density at radius 2 is 1.40 bits per heavy atom. The number of furan rings is 1. The number of hydrogen-bond donors (Lipinski definition) is 2. The minimum Gasteiger partial charge on any atom is -0.492 e. The van der Waals surface area contributed by atoms with E-state index in [1.807, 2.05) is 96.4 Å². The van der Waals surface area contributed by atoms with Crippen molar-refractivity contribution in [2.45, 2.75) is 6.61 Å². The number of hydrogen-bond acceptors (Lipinski definition) is 8. The molecule has 1 amide bonds. The van der Waals surface area contributed by atoms with Gasteiger partial charge in [-0.1, -0.05) is 91.0 Å². The van der Waals surface area contributed by atoms with Gasteiger partial charge in [-0.15, -0.1) is 0 Å². The molecule has 0 spiro atoms. The van der Waals surface area contributed by atoms with E-state index < -0.39 is 17.8 Å². The zero-order valence-corrected chi connectivity index (χ0v) is 22.5. The van der Waals surface area contributed by atoms with E-state index in [0.29, 0.717) is 16.7 Å². The lowest BCUT2D eigenvalue weighted by molar-refractivity contribution is 0.0373. The number of benzene rings is 4. The Kier molecular flexibility index (Phi) is 8.41. The van der Waals surface area contributed by atoms with Crippen molar-refractivity contribution in [1.29, 1.82) is 0 Å². The molecule has 4 aromatic carbocycles. The molecule has 1 aromatic heterocycles. The van der Waals surface area contributed by atoms with Gasteiger partial charge in [-0.2, -0.15) is 0 Å². The highest BCUT2D eigenvalue weighted by Gasteiger charge is 2.30. The SMILES string of the molecule is COc1c(OCc2ccccc2)ccc(C(=O)OC(=O)c2occ(-c3ccccc3)c2-c2ccccc2)c1C(=O)NN. The number of rotatable bonds is 9. The maximum Gasteiger partial charge on any atom is 0.382 e. The lowest BCUT2D eigenvalue weighted by Gasteiger charge is -2.16. The van der Waals surface area contributed by atoms with Crippen molar-refractivity contribution in [1.82, 2.24) is 5.43 Å². The lowest BCUT2D eigenvalue weighted by atomic mass is 9.97. The third-order valence-corrected chi connectivity index (χ3v) is 6.45. The Balaban J connectivity index is 1.48. The molecule has 0 aliphatic heterocycles. The molecular formula is C33H26N2O7. The monoisotopic (exact) mass is 562 g/mol. The maximum absolute atomic E-state index is 13.4. The van der Waals surface area contributed by atoms with Crippen molar-refractivity contribution in [3.05, 3.63) is 132 Å². The minimum absolute atomic E-state index is 0.0508. The molecule has 0 radical (unpaired) electrons. The standard InChI is InChI=1S/C33H26N2O7/c1-39-29-26(40-19-21-11-5-2-6-12-21)18-17-24(28(29)31(36)35-34)32(37)42-33(38)30-27(23-15-9-4-10-16-23)25(20-41-30)22-13-7-3-8-14-22/h2-18,20H,19,34H2,1H3,(H,35,36). The fraction of sp³-hybridized carbons (Fsp3) is 0.0606. The summed E-state index contributed by atoms with van der Waals surface area (Å²) in [5.74, 6) is 2.39. The number of ether oxygens (including phenoxy) is 3. The van der Waals surface area contributed by atoms with Crippen LogP contribution >= 0.6 is 0 Å². The van der Waals surface area contributed by atoms with Crippen LogP contribution < -0.4 is 20.7 Å². The van der Waals surface area contributed by atoms with Gasteiger partial charge in [-0.3, -0.25) is 10.2 Å². The van der Waals surface area contributed by atoms with Gasteiger partial charge in [0.15, 0.2) is 11.5 Å². The van der Waals surface area contributed by atoms with E-state index >= 15 is 0 Å². The summed E-state index contributed by atoms with van der Waals surface area (Å²) in [6, 6.07) is 30.6. The molecule has 9 nitrogen and oxygen atoms in total. The summed E-state index contributed by atoms with van der Waals surface area (Å²) in [7, 11) is 1.32. The van der Waals surface area contributed by atoms with Crippen molar-refractivity contribution < 1.29 is 33.0 Å². The third kappa shape index (κ3) is 5.77. The van der Waals surface area contributed by atoms with Gasteiger partial charge < -0.3 is 18.6 Å². The van der Waals surface area contributed by atoms with Crippen LogP contribution in [0.4, 0.5) is 0 Å². The maximum atomic E-state index is 13.4. The smallest absolute Gasteiger partial charge is 0.382 e. The molecular weight excluding hydrogens is 536 g/mol. The number of methoxy groups -OCH3 is 1. The first-order valence-corrected chi connectivity index (χ1v) is 12.9. The van der Waals surface area contributed by atoms with E-state index in [-0.39, 0.29) is 35.0 Å². The molecule has 0 bridgehead atoms. The van der Waals surface area contributed by atoms with Crippen molar-refractivity contribution >= 4 is 17.8 Å². The van der Waals surface area contributed by atoms with Gasteiger partial charge in [0.2, 0.25) is 5.76 Å². The second kappa shape index (κ2) is 12.7. The van der Waals surface area contributed by atoms with E-state index in [1.165, 1.54) is 25.5 Å². The van der Waals surface area contributed by atoms with Crippen LogP contribution in [0.15, 0.2) is 114 Å². The summed E-state index contributed by atoms with van der Waals surface area (Å²) in [6.07, 6.45) is 1.44. The zero-order chi connectivity index (χ0) is 29.5. The average molecular weight is 563 g/mol. The fourth-order valence-corrected chi connectivity index (χ4v) is 4.50. The summed E-state index contributed by atoms with van der Waals surface area (Å²) in [5.41, 5.74) is 4.97. The van der Waals surface area contributed by atoms with Gasteiger partial charge in [-0.25, -0.2) is 15.4 Å². The van der Waals surface area contributed by atoms with Crippen LogP contribution in [0.3, 0.4) is 0 Å². The van der Waals surface area contributed by atoms with Crippen molar-refractivity contribution in [3.63, 3.8) is 0 Å². The zero-order valence-electron chi connectivity index (χ0n) is 22.5. The van der Waals surface area contributed by atoms with Gasteiger partial charge in [-0.05, 0) is 28.8 Å². The summed E-state index contributed by atoms with van der Waals surface area (Å²) in [5, 5.41) is 0. The first-order chi connectivity index (χ1) is 20.5. The molecule has 9 heteroatoms. The molecule has 5 aromatic rings. The average Bonchev–Trinajstić information content (AvgIpc) is 3.50. The summed E-state index contributed by atoms with van der Waals surface area (Å²) in [4.78, 5) is 39.5. The van der Waals surface area contributed by atoms with Crippen LogP contribution in [0.5, 0.6) is 11.5 Å². The van der Waals surface area contributed by atoms with Crippen molar-refractivity contribution in [2.75, 3.05) is 7.11 Å². The van der Waals surface area contributed by atoms with E-state index in [1.54, 1.807) is 0 Å². The number of nitrogens with one attached hydrogen (secondary N) is 1. The van der Waals surface area contributed by atoms with Crippen molar-refractivity contribution in [3.8, 4) is 33.8 Å². The summed E-state index contributed by atoms with van der Waals surface area (Å²) < 4.78 is 22.2. The number of hydrazine groups is 1. The molecule has 0 aliphatic rings. The third-order valence-electron chi connectivity index (χ3n) is 6.45. The van der Waals surface area contributed by atoms with Gasteiger partial charge in [0.25, 0.3) is 5.91 Å². The molecule has 5 rings (SSSR count). The predicted octanol–water partition coefficient (Wildman–Crippen LogP) is 5.80. The number of carbonyl (C=O) groups excluding carboxylic acids is 3. The van der Waals surface area contributed by atoms with Gasteiger partial charge in [0.1, 0.15) is 18.4 Å². The molecule has 1 heterocycles. The first kappa shape index (κ1) is 27.9. The summed E-state index contributed by atoms with van der Waals surface area (Å²) >= 11 is 0. The Morgan fingerprint density at radius 1 is 0.786 bits per heavy atom. The Morgan fingerprint density at radius 3 is 2.02 bits per heavy atom. The number of carbonyl (C=O) groups is 3. The molecule has 3 N–H and O–H groups in total. The second-order valence-electron chi connectivity index (χ2n) is 9.03. The largest absolute Gasteiger partial charge is 0.492 e.